The fourth-order valence-electron chi connectivity index (χ4n) is 4.00. The summed E-state index contributed by atoms with van der Waals surface area (Å²) in [5.41, 5.74) is 4.65. The molecule has 0 saturated heterocycles. The van der Waals surface area contributed by atoms with E-state index in [-0.39, 0.29) is 36.5 Å². The minimum Gasteiger partial charge on any atom is -0.478 e. The molecule has 1 aliphatic rings. The Kier molecular flexibility index (Phi) is 7.87. The third-order valence-electron chi connectivity index (χ3n) is 5.68. The van der Waals surface area contributed by atoms with Gasteiger partial charge in [0.1, 0.15) is 12.6 Å². The molecule has 3 rings (SSSR count). The minimum atomic E-state index is -1.04. The number of carbonyl (C=O) groups excluding carboxylic acids is 2. The van der Waals surface area contributed by atoms with E-state index in [9.17, 15) is 14.4 Å². The molecule has 7 nitrogen and oxygen atoms in total. The molecule has 0 aliphatic heterocycles. The van der Waals surface area contributed by atoms with Crippen molar-refractivity contribution in [3.05, 3.63) is 71.3 Å². The van der Waals surface area contributed by atoms with Crippen molar-refractivity contribution in [1.82, 2.24) is 10.6 Å². The molecule has 1 aliphatic carbocycles. The Morgan fingerprint density at radius 1 is 1.03 bits per heavy atom. The number of ether oxygens (including phenoxy) is 1. The molecule has 33 heavy (non-hydrogen) atoms. The Balaban J connectivity index is 1.62. The van der Waals surface area contributed by atoms with Crippen LogP contribution < -0.4 is 10.6 Å². The maximum atomic E-state index is 12.6. The van der Waals surface area contributed by atoms with Crippen LogP contribution in [0, 0.1) is 5.92 Å². The first kappa shape index (κ1) is 24.0. The number of fused-ring (bicyclic) bond motifs is 3. The molecule has 2 amide bonds. The van der Waals surface area contributed by atoms with Gasteiger partial charge >= 0.3 is 12.1 Å². The van der Waals surface area contributed by atoms with Crippen LogP contribution in [0.3, 0.4) is 0 Å². The molecule has 0 aromatic heterocycles. The number of carbonyl (C=O) groups is 3. The molecule has 0 saturated carbocycles. The standard InChI is InChI=1S/C26H30N2O5/c1-16(2)14-23(24(29)27-13-12-17(3)25(30)31)28-26(32)33-15-22-20-10-6-4-8-18(20)19-9-5-7-11-21(19)22/h4-12,16,22-23H,13-15H2,1-3H3,(H,27,29)(H,28,32)(H,30,31)/b17-12-/t23-/m0/s1. The number of hydrogen-bond acceptors (Lipinski definition) is 4. The summed E-state index contributed by atoms with van der Waals surface area (Å²) in [7, 11) is 0. The first-order valence-electron chi connectivity index (χ1n) is 11.1. The smallest absolute Gasteiger partial charge is 0.407 e. The first-order chi connectivity index (χ1) is 15.8. The minimum absolute atomic E-state index is 0.0651. The van der Waals surface area contributed by atoms with Gasteiger partial charge in [-0.2, -0.15) is 0 Å². The van der Waals surface area contributed by atoms with Gasteiger partial charge in [0.05, 0.1) is 0 Å². The Hall–Kier alpha value is -3.61. The number of nitrogens with one attached hydrogen (secondary N) is 2. The Morgan fingerprint density at radius 2 is 1.61 bits per heavy atom. The Labute approximate surface area is 193 Å². The molecular formula is C26H30N2O5. The second-order valence-corrected chi connectivity index (χ2v) is 8.59. The number of carboxylic acids is 1. The SMILES string of the molecule is C/C(=C/CNC(=O)[C@H](CC(C)C)NC(=O)OCC1c2ccccc2-c2ccccc21)C(=O)O. The van der Waals surface area contributed by atoms with E-state index in [0.717, 1.165) is 22.3 Å². The van der Waals surface area contributed by atoms with Gasteiger partial charge in [0.25, 0.3) is 0 Å². The van der Waals surface area contributed by atoms with Crippen LogP contribution in [0.2, 0.25) is 0 Å². The van der Waals surface area contributed by atoms with Gasteiger partial charge in [-0.1, -0.05) is 68.5 Å². The van der Waals surface area contributed by atoms with E-state index < -0.39 is 18.1 Å². The topological polar surface area (TPSA) is 105 Å². The monoisotopic (exact) mass is 450 g/mol. The lowest BCUT2D eigenvalue weighted by molar-refractivity contribution is -0.132. The van der Waals surface area contributed by atoms with Gasteiger partial charge in [-0.15, -0.1) is 0 Å². The maximum Gasteiger partial charge on any atom is 0.407 e. The summed E-state index contributed by atoms with van der Waals surface area (Å²) in [6.07, 6.45) is 1.19. The molecule has 7 heteroatoms. The summed E-state index contributed by atoms with van der Waals surface area (Å²) in [6, 6.07) is 15.4. The lowest BCUT2D eigenvalue weighted by Crippen LogP contribution is -2.47. The van der Waals surface area contributed by atoms with Gasteiger partial charge in [-0.05, 0) is 41.5 Å². The van der Waals surface area contributed by atoms with Crippen LogP contribution in [0.1, 0.15) is 44.2 Å². The van der Waals surface area contributed by atoms with Gasteiger partial charge in [0.15, 0.2) is 0 Å². The quantitative estimate of drug-likeness (QED) is 0.499. The molecule has 2 aromatic rings. The van der Waals surface area contributed by atoms with Crippen LogP contribution in [0.4, 0.5) is 4.79 Å². The number of rotatable bonds is 9. The number of carboxylic acid groups (broad SMARTS) is 1. The maximum absolute atomic E-state index is 12.6. The molecule has 0 bridgehead atoms. The molecule has 0 heterocycles. The molecular weight excluding hydrogens is 420 g/mol. The fourth-order valence-corrected chi connectivity index (χ4v) is 4.00. The van der Waals surface area contributed by atoms with Crippen molar-refractivity contribution >= 4 is 18.0 Å². The number of aliphatic carboxylic acids is 1. The molecule has 0 radical (unpaired) electrons. The molecule has 0 spiro atoms. The highest BCUT2D eigenvalue weighted by atomic mass is 16.5. The van der Waals surface area contributed by atoms with E-state index in [2.05, 4.69) is 22.8 Å². The van der Waals surface area contributed by atoms with E-state index in [1.54, 1.807) is 0 Å². The summed E-state index contributed by atoms with van der Waals surface area (Å²) >= 11 is 0. The summed E-state index contributed by atoms with van der Waals surface area (Å²) < 4.78 is 5.56. The van der Waals surface area contributed by atoms with Crippen LogP contribution in [-0.4, -0.2) is 42.3 Å². The number of amides is 2. The normalized spacial score (nSPS) is 13.8. The summed E-state index contributed by atoms with van der Waals surface area (Å²) in [6.45, 7) is 5.59. The van der Waals surface area contributed by atoms with E-state index >= 15 is 0 Å². The Bertz CT molecular complexity index is 1010. The fraction of sp³-hybridized carbons (Fsp3) is 0.346. The molecule has 0 fully saturated rings. The van der Waals surface area contributed by atoms with Crippen LogP contribution >= 0.6 is 0 Å². The van der Waals surface area contributed by atoms with Crippen LogP contribution in [0.15, 0.2) is 60.2 Å². The van der Waals surface area contributed by atoms with Crippen LogP contribution in [-0.2, 0) is 14.3 Å². The van der Waals surface area contributed by atoms with Crippen molar-refractivity contribution in [2.24, 2.45) is 5.92 Å². The summed E-state index contributed by atoms with van der Waals surface area (Å²) in [4.78, 5) is 36.1. The van der Waals surface area contributed by atoms with E-state index in [4.69, 9.17) is 9.84 Å². The zero-order valence-corrected chi connectivity index (χ0v) is 19.1. The number of benzene rings is 2. The highest BCUT2D eigenvalue weighted by Crippen LogP contribution is 2.44. The lowest BCUT2D eigenvalue weighted by atomic mass is 9.98. The van der Waals surface area contributed by atoms with Gasteiger partial charge in [0.2, 0.25) is 5.91 Å². The summed E-state index contributed by atoms with van der Waals surface area (Å²) in [5.74, 6) is -1.33. The van der Waals surface area contributed by atoms with E-state index in [0.29, 0.717) is 6.42 Å². The predicted octanol–water partition coefficient (Wildman–Crippen LogP) is 4.09. The van der Waals surface area contributed by atoms with Crippen molar-refractivity contribution in [1.29, 1.82) is 0 Å². The average molecular weight is 451 g/mol. The van der Waals surface area contributed by atoms with Crippen LogP contribution in [0.25, 0.3) is 11.1 Å². The van der Waals surface area contributed by atoms with Crippen molar-refractivity contribution in [3.63, 3.8) is 0 Å². The zero-order chi connectivity index (χ0) is 24.0. The van der Waals surface area contributed by atoms with E-state index in [1.165, 1.54) is 13.0 Å². The van der Waals surface area contributed by atoms with Gasteiger partial charge in [-0.25, -0.2) is 9.59 Å². The van der Waals surface area contributed by atoms with E-state index in [1.807, 2.05) is 50.2 Å². The molecule has 174 valence electrons. The lowest BCUT2D eigenvalue weighted by Gasteiger charge is -2.21. The second kappa shape index (κ2) is 10.8. The zero-order valence-electron chi connectivity index (χ0n) is 19.1. The van der Waals surface area contributed by atoms with Crippen LogP contribution in [0.5, 0.6) is 0 Å². The van der Waals surface area contributed by atoms with Crippen molar-refractivity contribution < 1.29 is 24.2 Å². The third-order valence-corrected chi connectivity index (χ3v) is 5.68. The molecule has 2 aromatic carbocycles. The first-order valence-corrected chi connectivity index (χ1v) is 11.1. The van der Waals surface area contributed by atoms with Gasteiger partial charge in [-0.3, -0.25) is 4.79 Å². The van der Waals surface area contributed by atoms with Crippen molar-refractivity contribution in [2.75, 3.05) is 13.2 Å². The largest absolute Gasteiger partial charge is 0.478 e. The summed E-state index contributed by atoms with van der Waals surface area (Å²) in [5, 5.41) is 14.2. The third kappa shape index (κ3) is 6.00. The second-order valence-electron chi connectivity index (χ2n) is 8.59. The van der Waals surface area contributed by atoms with Crippen molar-refractivity contribution in [3.8, 4) is 11.1 Å². The van der Waals surface area contributed by atoms with Gasteiger partial charge in [0, 0.05) is 18.0 Å². The van der Waals surface area contributed by atoms with Crippen molar-refractivity contribution in [2.45, 2.75) is 39.2 Å². The Morgan fingerprint density at radius 3 is 2.15 bits per heavy atom. The van der Waals surface area contributed by atoms with Gasteiger partial charge < -0.3 is 20.5 Å². The molecule has 0 unspecified atom stereocenters. The molecule has 1 atom stereocenters. The highest BCUT2D eigenvalue weighted by molar-refractivity contribution is 5.87. The predicted molar refractivity (Wildman–Crippen MR) is 126 cm³/mol. The average Bonchev–Trinajstić information content (AvgIpc) is 3.10. The number of hydrogen-bond donors (Lipinski definition) is 3. The molecule has 3 N–H and O–H groups in total. The highest BCUT2D eigenvalue weighted by Gasteiger charge is 2.29. The number of alkyl carbamates (subject to hydrolysis) is 1.